The fourth-order valence-corrected chi connectivity index (χ4v) is 6.00. The summed E-state index contributed by atoms with van der Waals surface area (Å²) < 4.78 is 45.5. The molecule has 0 unspecified atom stereocenters. The summed E-state index contributed by atoms with van der Waals surface area (Å²) in [6, 6.07) is 13.9. The molecule has 0 saturated carbocycles. The van der Waals surface area contributed by atoms with Gasteiger partial charge in [0.2, 0.25) is 10.0 Å². The molecule has 11 heteroatoms. The van der Waals surface area contributed by atoms with E-state index in [0.717, 1.165) is 23.7 Å². The number of nitrogens with zero attached hydrogens (tertiary/aromatic N) is 3. The zero-order chi connectivity index (χ0) is 25.4. The molecule has 0 spiro atoms. The van der Waals surface area contributed by atoms with E-state index in [1.54, 1.807) is 48.9 Å². The Labute approximate surface area is 215 Å². The molecule has 2 aromatic carbocycles. The van der Waals surface area contributed by atoms with Gasteiger partial charge in [-0.1, -0.05) is 24.3 Å². The molecule has 0 radical (unpaired) electrons. The molecule has 1 aliphatic rings. The molecule has 2 heterocycles. The number of thiazole rings is 1. The van der Waals surface area contributed by atoms with Gasteiger partial charge in [-0.2, -0.15) is 4.31 Å². The molecule has 1 fully saturated rings. The monoisotopic (exact) mass is 533 g/mol. The van der Waals surface area contributed by atoms with Crippen LogP contribution in [0.5, 0.6) is 11.5 Å². The average Bonchev–Trinajstić information content (AvgIpc) is 3.39. The maximum absolute atomic E-state index is 13.6. The number of aromatic nitrogens is 1. The topological polar surface area (TPSA) is 101 Å². The van der Waals surface area contributed by atoms with Crippen molar-refractivity contribution < 1.29 is 27.7 Å². The Hall–Kier alpha value is -2.54. The highest BCUT2D eigenvalue weighted by Gasteiger charge is 2.26. The van der Waals surface area contributed by atoms with Crippen LogP contribution >= 0.6 is 11.3 Å². The molecule has 1 N–H and O–H groups in total. The van der Waals surface area contributed by atoms with E-state index < -0.39 is 10.0 Å². The molecule has 3 aromatic rings. The van der Waals surface area contributed by atoms with E-state index in [9.17, 15) is 13.5 Å². The van der Waals surface area contributed by atoms with Crippen molar-refractivity contribution in [1.82, 2.24) is 14.2 Å². The SMILES string of the molecule is COc1ccc(CN(CCN2CCOCC2)S(=O)(=O)c2ccccc2)cc1OCc1nc(CO)cs1. The van der Waals surface area contributed by atoms with Crippen LogP contribution in [-0.4, -0.2) is 74.2 Å². The third-order valence-electron chi connectivity index (χ3n) is 5.85. The van der Waals surface area contributed by atoms with Gasteiger partial charge in [0, 0.05) is 38.1 Å². The standard InChI is InChI=1S/C25H31N3O6S2/c1-32-23-8-7-20(15-24(23)34-18-25-26-21(17-29)19-35-25)16-28(10-9-27-11-13-33-14-12-27)36(30,31)22-5-3-2-4-6-22/h2-8,15,19,29H,9-14,16-18H2,1H3. The molecule has 9 nitrogen and oxygen atoms in total. The van der Waals surface area contributed by atoms with Crippen LogP contribution in [0.2, 0.25) is 0 Å². The minimum Gasteiger partial charge on any atom is -0.493 e. The van der Waals surface area contributed by atoms with Gasteiger partial charge >= 0.3 is 0 Å². The lowest BCUT2D eigenvalue weighted by atomic mass is 10.2. The van der Waals surface area contributed by atoms with Crippen molar-refractivity contribution in [3.63, 3.8) is 0 Å². The van der Waals surface area contributed by atoms with Gasteiger partial charge in [0.15, 0.2) is 11.5 Å². The van der Waals surface area contributed by atoms with E-state index in [1.165, 1.54) is 15.6 Å². The molecule has 1 aliphatic heterocycles. The van der Waals surface area contributed by atoms with Gasteiger partial charge in [-0.25, -0.2) is 13.4 Å². The Morgan fingerprint density at radius 1 is 1.14 bits per heavy atom. The van der Waals surface area contributed by atoms with Crippen molar-refractivity contribution in [2.45, 2.75) is 24.7 Å². The highest BCUT2D eigenvalue weighted by atomic mass is 32.2. The summed E-state index contributed by atoms with van der Waals surface area (Å²) in [5.41, 5.74) is 1.38. The molecule has 0 aliphatic carbocycles. The Kier molecular flexibility index (Phi) is 9.30. The Balaban J connectivity index is 1.54. The summed E-state index contributed by atoms with van der Waals surface area (Å²) in [6.07, 6.45) is 0. The van der Waals surface area contributed by atoms with Gasteiger partial charge in [-0.3, -0.25) is 4.90 Å². The average molecular weight is 534 g/mol. The van der Waals surface area contributed by atoms with Gasteiger partial charge in [0.1, 0.15) is 11.6 Å². The molecular formula is C25H31N3O6S2. The number of methoxy groups -OCH3 is 1. The molecule has 0 amide bonds. The van der Waals surface area contributed by atoms with Crippen LogP contribution in [0.4, 0.5) is 0 Å². The highest BCUT2D eigenvalue weighted by Crippen LogP contribution is 2.30. The lowest BCUT2D eigenvalue weighted by Crippen LogP contribution is -2.42. The summed E-state index contributed by atoms with van der Waals surface area (Å²) in [6.45, 7) is 4.14. The molecule has 0 atom stereocenters. The van der Waals surface area contributed by atoms with E-state index in [1.807, 2.05) is 12.1 Å². The first-order valence-electron chi connectivity index (χ1n) is 11.7. The summed E-state index contributed by atoms with van der Waals surface area (Å²) >= 11 is 1.40. The lowest BCUT2D eigenvalue weighted by Gasteiger charge is -2.30. The lowest BCUT2D eigenvalue weighted by molar-refractivity contribution is 0.0361. The summed E-state index contributed by atoms with van der Waals surface area (Å²) in [5, 5.41) is 11.7. The number of aliphatic hydroxyl groups is 1. The number of sulfonamides is 1. The van der Waals surface area contributed by atoms with Crippen molar-refractivity contribution in [2.24, 2.45) is 0 Å². The summed E-state index contributed by atoms with van der Waals surface area (Å²) in [4.78, 5) is 6.79. The van der Waals surface area contributed by atoms with Crippen LogP contribution in [0.25, 0.3) is 0 Å². The normalized spacial score (nSPS) is 14.8. The second-order valence-corrected chi connectivity index (χ2v) is 11.2. The quantitative estimate of drug-likeness (QED) is 0.379. The van der Waals surface area contributed by atoms with Crippen LogP contribution in [-0.2, 0) is 34.5 Å². The van der Waals surface area contributed by atoms with Crippen molar-refractivity contribution >= 4 is 21.4 Å². The smallest absolute Gasteiger partial charge is 0.243 e. The van der Waals surface area contributed by atoms with Crippen LogP contribution in [0.1, 0.15) is 16.3 Å². The number of morpholine rings is 1. The zero-order valence-electron chi connectivity index (χ0n) is 20.2. The largest absolute Gasteiger partial charge is 0.493 e. The Bertz CT molecular complexity index is 1210. The van der Waals surface area contributed by atoms with E-state index in [-0.39, 0.29) is 24.7 Å². The maximum atomic E-state index is 13.6. The number of benzene rings is 2. The zero-order valence-corrected chi connectivity index (χ0v) is 21.8. The van der Waals surface area contributed by atoms with E-state index in [0.29, 0.717) is 43.5 Å². The summed E-state index contributed by atoms with van der Waals surface area (Å²) in [7, 11) is -2.15. The fraction of sp³-hybridized carbons (Fsp3) is 0.400. The predicted molar refractivity (Wildman–Crippen MR) is 137 cm³/mol. The van der Waals surface area contributed by atoms with Crippen molar-refractivity contribution in [3.05, 3.63) is 70.2 Å². The second kappa shape index (κ2) is 12.6. The van der Waals surface area contributed by atoms with Crippen LogP contribution < -0.4 is 9.47 Å². The first kappa shape index (κ1) is 26.5. The van der Waals surface area contributed by atoms with Crippen LogP contribution in [0.15, 0.2) is 58.8 Å². The number of rotatable bonds is 12. The van der Waals surface area contributed by atoms with Crippen LogP contribution in [0.3, 0.4) is 0 Å². The third kappa shape index (κ3) is 6.81. The second-order valence-electron chi connectivity index (χ2n) is 8.27. The number of hydrogen-bond donors (Lipinski definition) is 1. The first-order chi connectivity index (χ1) is 17.5. The molecule has 36 heavy (non-hydrogen) atoms. The van der Waals surface area contributed by atoms with E-state index >= 15 is 0 Å². The first-order valence-corrected chi connectivity index (χ1v) is 14.0. The highest BCUT2D eigenvalue weighted by molar-refractivity contribution is 7.89. The van der Waals surface area contributed by atoms with Crippen molar-refractivity contribution in [3.8, 4) is 11.5 Å². The number of ether oxygens (including phenoxy) is 3. The Morgan fingerprint density at radius 3 is 2.61 bits per heavy atom. The minimum atomic E-state index is -3.71. The van der Waals surface area contributed by atoms with Gasteiger partial charge in [-0.05, 0) is 29.8 Å². The van der Waals surface area contributed by atoms with Crippen molar-refractivity contribution in [2.75, 3.05) is 46.5 Å². The van der Waals surface area contributed by atoms with Crippen LogP contribution in [0, 0.1) is 0 Å². The van der Waals surface area contributed by atoms with Gasteiger partial charge in [0.05, 0.1) is 37.5 Å². The van der Waals surface area contributed by atoms with E-state index in [2.05, 4.69) is 9.88 Å². The number of aliphatic hydroxyl groups excluding tert-OH is 1. The van der Waals surface area contributed by atoms with E-state index in [4.69, 9.17) is 14.2 Å². The molecule has 1 aromatic heterocycles. The molecule has 4 rings (SSSR count). The molecule has 1 saturated heterocycles. The van der Waals surface area contributed by atoms with Gasteiger partial charge < -0.3 is 19.3 Å². The maximum Gasteiger partial charge on any atom is 0.243 e. The Morgan fingerprint density at radius 2 is 1.92 bits per heavy atom. The van der Waals surface area contributed by atoms with Gasteiger partial charge in [-0.15, -0.1) is 11.3 Å². The van der Waals surface area contributed by atoms with Gasteiger partial charge in [0.25, 0.3) is 0 Å². The van der Waals surface area contributed by atoms with Crippen molar-refractivity contribution in [1.29, 1.82) is 0 Å². The third-order valence-corrected chi connectivity index (χ3v) is 8.58. The predicted octanol–water partition coefficient (Wildman–Crippen LogP) is 2.75. The number of hydrogen-bond acceptors (Lipinski definition) is 9. The summed E-state index contributed by atoms with van der Waals surface area (Å²) in [5.74, 6) is 1.05. The molecule has 0 bridgehead atoms. The molecular weight excluding hydrogens is 502 g/mol. The minimum absolute atomic E-state index is 0.120. The fourth-order valence-electron chi connectivity index (χ4n) is 3.87. The molecule has 194 valence electrons.